The van der Waals surface area contributed by atoms with E-state index in [4.69, 9.17) is 14.5 Å². The van der Waals surface area contributed by atoms with Crippen LogP contribution in [0.5, 0.6) is 5.75 Å². The minimum atomic E-state index is 0.351. The molecule has 6 heteroatoms. The number of aromatic nitrogens is 3. The number of imidazole rings is 1. The first kappa shape index (κ1) is 16.5. The number of hydrogen-bond donors (Lipinski definition) is 0. The summed E-state index contributed by atoms with van der Waals surface area (Å²) in [4.78, 5) is 11.4. The van der Waals surface area contributed by atoms with Gasteiger partial charge < -0.3 is 14.0 Å². The Morgan fingerprint density at radius 2 is 2.12 bits per heavy atom. The molecule has 4 heterocycles. The van der Waals surface area contributed by atoms with E-state index in [2.05, 4.69) is 21.4 Å². The van der Waals surface area contributed by atoms with E-state index < -0.39 is 0 Å². The Labute approximate surface area is 148 Å². The maximum Gasteiger partial charge on any atom is 0.138 e. The van der Waals surface area contributed by atoms with Gasteiger partial charge in [0.1, 0.15) is 18.2 Å². The normalized spacial score (nSPS) is 21.9. The van der Waals surface area contributed by atoms with Gasteiger partial charge >= 0.3 is 0 Å². The average Bonchev–Trinajstić information content (AvgIpc) is 3.08. The molecular formula is C19H26N4O2. The third kappa shape index (κ3) is 3.70. The molecule has 0 radical (unpaired) electrons. The van der Waals surface area contributed by atoms with Crippen molar-refractivity contribution >= 4 is 0 Å². The fourth-order valence-corrected chi connectivity index (χ4v) is 3.82. The Kier molecular flexibility index (Phi) is 4.99. The Hall–Kier alpha value is -1.92. The van der Waals surface area contributed by atoms with E-state index in [-0.39, 0.29) is 0 Å². The van der Waals surface area contributed by atoms with Crippen LogP contribution in [-0.2, 0) is 17.9 Å². The molecule has 1 fully saturated rings. The summed E-state index contributed by atoms with van der Waals surface area (Å²) >= 11 is 0. The van der Waals surface area contributed by atoms with E-state index >= 15 is 0 Å². The van der Waals surface area contributed by atoms with Gasteiger partial charge in [0.25, 0.3) is 0 Å². The predicted molar refractivity (Wildman–Crippen MR) is 94.3 cm³/mol. The highest BCUT2D eigenvalue weighted by molar-refractivity contribution is 5.17. The van der Waals surface area contributed by atoms with Crippen molar-refractivity contribution in [2.75, 3.05) is 26.3 Å². The molecule has 1 saturated heterocycles. The van der Waals surface area contributed by atoms with Gasteiger partial charge in [-0.05, 0) is 37.8 Å². The van der Waals surface area contributed by atoms with Crippen LogP contribution in [0.4, 0.5) is 0 Å². The molecule has 0 amide bonds. The Morgan fingerprint density at radius 1 is 1.24 bits per heavy atom. The van der Waals surface area contributed by atoms with Crippen molar-refractivity contribution in [3.05, 3.63) is 42.2 Å². The monoisotopic (exact) mass is 342 g/mol. The summed E-state index contributed by atoms with van der Waals surface area (Å²) < 4.78 is 13.7. The lowest BCUT2D eigenvalue weighted by molar-refractivity contribution is 0.0408. The first-order valence-electron chi connectivity index (χ1n) is 9.20. The highest BCUT2D eigenvalue weighted by Gasteiger charge is 2.29. The van der Waals surface area contributed by atoms with E-state index in [0.29, 0.717) is 12.6 Å². The van der Waals surface area contributed by atoms with Crippen molar-refractivity contribution < 1.29 is 9.47 Å². The molecule has 1 atom stereocenters. The number of nitrogens with zero attached hydrogens (tertiary/aromatic N) is 4. The lowest BCUT2D eigenvalue weighted by Gasteiger charge is -2.37. The third-order valence-electron chi connectivity index (χ3n) is 5.36. The fourth-order valence-electron chi connectivity index (χ4n) is 3.82. The van der Waals surface area contributed by atoms with Crippen LogP contribution in [-0.4, -0.2) is 45.7 Å². The SMILES string of the molecule is C[C@@H]1c2ncc(COc3cccnc3)n2CCN1CC1CCOCC1. The zero-order valence-electron chi connectivity index (χ0n) is 14.8. The smallest absolute Gasteiger partial charge is 0.138 e. The number of pyridine rings is 1. The molecular weight excluding hydrogens is 316 g/mol. The topological polar surface area (TPSA) is 52.4 Å². The van der Waals surface area contributed by atoms with Gasteiger partial charge in [0, 0.05) is 39.0 Å². The van der Waals surface area contributed by atoms with Crippen molar-refractivity contribution in [1.82, 2.24) is 19.4 Å². The van der Waals surface area contributed by atoms with Crippen LogP contribution in [0.25, 0.3) is 0 Å². The molecule has 0 spiro atoms. The summed E-state index contributed by atoms with van der Waals surface area (Å²) in [5.41, 5.74) is 1.14. The van der Waals surface area contributed by atoms with Crippen molar-refractivity contribution in [3.63, 3.8) is 0 Å². The minimum absolute atomic E-state index is 0.351. The maximum atomic E-state index is 5.85. The van der Waals surface area contributed by atoms with Gasteiger partial charge in [-0.25, -0.2) is 4.98 Å². The zero-order chi connectivity index (χ0) is 17.1. The molecule has 2 aromatic heterocycles. The Bertz CT molecular complexity index is 682. The lowest BCUT2D eigenvalue weighted by Crippen LogP contribution is -2.41. The Balaban J connectivity index is 1.40. The van der Waals surface area contributed by atoms with Crippen molar-refractivity contribution in [1.29, 1.82) is 0 Å². The van der Waals surface area contributed by atoms with Gasteiger partial charge in [0.15, 0.2) is 0 Å². The number of hydrogen-bond acceptors (Lipinski definition) is 5. The van der Waals surface area contributed by atoms with E-state index in [1.54, 1.807) is 12.4 Å². The quantitative estimate of drug-likeness (QED) is 0.836. The summed E-state index contributed by atoms with van der Waals surface area (Å²) in [7, 11) is 0. The highest BCUT2D eigenvalue weighted by Crippen LogP contribution is 2.28. The van der Waals surface area contributed by atoms with Gasteiger partial charge in [0.2, 0.25) is 0 Å². The second-order valence-corrected chi connectivity index (χ2v) is 6.96. The average molecular weight is 342 g/mol. The fraction of sp³-hybridized carbons (Fsp3) is 0.579. The molecule has 0 aliphatic carbocycles. The first-order valence-corrected chi connectivity index (χ1v) is 9.20. The maximum absolute atomic E-state index is 5.85. The molecule has 2 aromatic rings. The Morgan fingerprint density at radius 3 is 2.92 bits per heavy atom. The zero-order valence-corrected chi connectivity index (χ0v) is 14.8. The first-order chi connectivity index (χ1) is 12.3. The van der Waals surface area contributed by atoms with Crippen LogP contribution in [0.3, 0.4) is 0 Å². The molecule has 25 heavy (non-hydrogen) atoms. The van der Waals surface area contributed by atoms with E-state index in [1.165, 1.54) is 12.8 Å². The largest absolute Gasteiger partial charge is 0.486 e. The van der Waals surface area contributed by atoms with Crippen LogP contribution < -0.4 is 4.74 Å². The van der Waals surface area contributed by atoms with E-state index in [9.17, 15) is 0 Å². The molecule has 0 bridgehead atoms. The molecule has 134 valence electrons. The molecule has 4 rings (SSSR count). The standard InChI is InChI=1S/C19H26N4O2/c1-15-19-21-11-17(14-25-18-3-2-6-20-12-18)23(19)8-7-22(15)13-16-4-9-24-10-5-16/h2-3,6,11-12,15-16H,4-5,7-10,13-14H2,1H3/t15-/m1/s1. The predicted octanol–water partition coefficient (Wildman–Crippen LogP) is 2.66. The van der Waals surface area contributed by atoms with Crippen molar-refractivity contribution in [3.8, 4) is 5.75 Å². The van der Waals surface area contributed by atoms with Crippen molar-refractivity contribution in [2.45, 2.75) is 39.0 Å². The molecule has 0 N–H and O–H groups in total. The van der Waals surface area contributed by atoms with Crippen LogP contribution in [0.2, 0.25) is 0 Å². The van der Waals surface area contributed by atoms with Gasteiger partial charge in [-0.1, -0.05) is 0 Å². The highest BCUT2D eigenvalue weighted by atomic mass is 16.5. The second kappa shape index (κ2) is 7.54. The molecule has 2 aliphatic heterocycles. The number of ether oxygens (including phenoxy) is 2. The van der Waals surface area contributed by atoms with Crippen LogP contribution in [0.15, 0.2) is 30.7 Å². The second-order valence-electron chi connectivity index (χ2n) is 6.96. The minimum Gasteiger partial charge on any atom is -0.486 e. The molecule has 0 unspecified atom stereocenters. The molecule has 6 nitrogen and oxygen atoms in total. The van der Waals surface area contributed by atoms with Gasteiger partial charge in [-0.15, -0.1) is 0 Å². The van der Waals surface area contributed by atoms with Crippen LogP contribution >= 0.6 is 0 Å². The van der Waals surface area contributed by atoms with Gasteiger partial charge in [-0.3, -0.25) is 9.88 Å². The van der Waals surface area contributed by atoms with Crippen LogP contribution in [0, 0.1) is 5.92 Å². The number of fused-ring (bicyclic) bond motifs is 1. The van der Waals surface area contributed by atoms with Gasteiger partial charge in [-0.2, -0.15) is 0 Å². The molecule has 0 saturated carbocycles. The van der Waals surface area contributed by atoms with Gasteiger partial charge in [0.05, 0.1) is 24.1 Å². The van der Waals surface area contributed by atoms with Crippen molar-refractivity contribution in [2.24, 2.45) is 5.92 Å². The number of rotatable bonds is 5. The van der Waals surface area contributed by atoms with Crippen LogP contribution in [0.1, 0.15) is 37.3 Å². The summed E-state index contributed by atoms with van der Waals surface area (Å²) in [5.74, 6) is 2.71. The summed E-state index contributed by atoms with van der Waals surface area (Å²) in [5, 5.41) is 0. The summed E-state index contributed by atoms with van der Waals surface area (Å²) in [6.45, 7) is 7.83. The summed E-state index contributed by atoms with van der Waals surface area (Å²) in [6, 6.07) is 4.17. The molecule has 0 aromatic carbocycles. The molecule has 2 aliphatic rings. The van der Waals surface area contributed by atoms with E-state index in [1.807, 2.05) is 18.3 Å². The summed E-state index contributed by atoms with van der Waals surface area (Å²) in [6.07, 6.45) is 7.82. The lowest BCUT2D eigenvalue weighted by atomic mass is 9.98. The van der Waals surface area contributed by atoms with E-state index in [0.717, 1.165) is 56.0 Å². The third-order valence-corrected chi connectivity index (χ3v) is 5.36.